The van der Waals surface area contributed by atoms with Crippen LogP contribution in [-0.4, -0.2) is 48.4 Å². The van der Waals surface area contributed by atoms with Crippen LogP contribution in [0.15, 0.2) is 103 Å². The Morgan fingerprint density at radius 1 is 0.711 bits per heavy atom. The van der Waals surface area contributed by atoms with Crippen molar-refractivity contribution in [1.82, 2.24) is 9.80 Å². The Bertz CT molecular complexity index is 1200. The van der Waals surface area contributed by atoms with Crippen LogP contribution < -0.4 is 0 Å². The molecule has 6 rings (SSSR count). The summed E-state index contributed by atoms with van der Waals surface area (Å²) < 4.78 is 0. The first-order valence-electron chi connectivity index (χ1n) is 14.6. The number of nitrogens with zero attached hydrogens (tertiary/aromatic N) is 2. The molecular formula is C35H40N2O. The quantitative estimate of drug-likeness (QED) is 0.343. The van der Waals surface area contributed by atoms with E-state index < -0.39 is 0 Å². The van der Waals surface area contributed by atoms with Crippen LogP contribution in [0.5, 0.6) is 0 Å². The molecule has 1 aliphatic carbocycles. The van der Waals surface area contributed by atoms with Gasteiger partial charge in [-0.05, 0) is 67.3 Å². The number of carbonyl (C=O) groups is 1. The Hall–Kier alpha value is -3.17. The lowest BCUT2D eigenvalue weighted by Crippen LogP contribution is -2.40. The third kappa shape index (κ3) is 5.49. The molecule has 1 amide bonds. The van der Waals surface area contributed by atoms with Gasteiger partial charge in [0, 0.05) is 37.4 Å². The molecule has 3 aromatic carbocycles. The predicted molar refractivity (Wildman–Crippen MR) is 155 cm³/mol. The van der Waals surface area contributed by atoms with Crippen molar-refractivity contribution in [3.05, 3.63) is 120 Å². The zero-order chi connectivity index (χ0) is 25.7. The van der Waals surface area contributed by atoms with Gasteiger partial charge in [-0.15, -0.1) is 0 Å². The van der Waals surface area contributed by atoms with Gasteiger partial charge in [0.05, 0.1) is 0 Å². The van der Waals surface area contributed by atoms with Gasteiger partial charge in [0.1, 0.15) is 0 Å². The number of likely N-dealkylation sites (tertiary alicyclic amines) is 2. The second kappa shape index (κ2) is 11.7. The predicted octanol–water partition coefficient (Wildman–Crippen LogP) is 6.86. The Kier molecular flexibility index (Phi) is 7.74. The van der Waals surface area contributed by atoms with Crippen molar-refractivity contribution < 1.29 is 4.79 Å². The average Bonchev–Trinajstić information content (AvgIpc) is 3.42. The van der Waals surface area contributed by atoms with Gasteiger partial charge < -0.3 is 9.80 Å². The highest BCUT2D eigenvalue weighted by molar-refractivity contribution is 5.81. The summed E-state index contributed by atoms with van der Waals surface area (Å²) in [5.74, 6) is 2.14. The van der Waals surface area contributed by atoms with Crippen LogP contribution in [0.1, 0.15) is 60.1 Å². The third-order valence-corrected chi connectivity index (χ3v) is 9.25. The number of carbonyl (C=O) groups excluding carboxylic acids is 1. The van der Waals surface area contributed by atoms with E-state index in [0.717, 1.165) is 45.6 Å². The van der Waals surface area contributed by atoms with Crippen LogP contribution in [0.25, 0.3) is 0 Å². The van der Waals surface area contributed by atoms with Gasteiger partial charge in [-0.25, -0.2) is 0 Å². The molecule has 0 radical (unpaired) electrons. The second-order valence-corrected chi connectivity index (χ2v) is 11.6. The minimum absolute atomic E-state index is 0.0409. The number of hydrogen-bond acceptors (Lipinski definition) is 2. The minimum Gasteiger partial charge on any atom is -0.341 e. The van der Waals surface area contributed by atoms with Crippen LogP contribution in [0, 0.1) is 11.8 Å². The summed E-state index contributed by atoms with van der Waals surface area (Å²) in [7, 11) is 0. The molecule has 2 heterocycles. The van der Waals surface area contributed by atoms with E-state index in [1.54, 1.807) is 0 Å². The summed E-state index contributed by atoms with van der Waals surface area (Å²) in [5.41, 5.74) is 4.13. The number of hydrogen-bond donors (Lipinski definition) is 0. The van der Waals surface area contributed by atoms with Gasteiger partial charge in [-0.3, -0.25) is 4.79 Å². The van der Waals surface area contributed by atoms with Gasteiger partial charge in [0.25, 0.3) is 0 Å². The molecule has 0 spiro atoms. The van der Waals surface area contributed by atoms with Crippen molar-refractivity contribution in [2.45, 2.75) is 43.4 Å². The van der Waals surface area contributed by atoms with Gasteiger partial charge in [-0.2, -0.15) is 0 Å². The Morgan fingerprint density at radius 2 is 1.32 bits per heavy atom. The van der Waals surface area contributed by atoms with E-state index in [1.165, 1.54) is 29.5 Å². The number of allylic oxidation sites excluding steroid dienone is 2. The first-order chi connectivity index (χ1) is 18.8. The summed E-state index contributed by atoms with van der Waals surface area (Å²) >= 11 is 0. The molecular weight excluding hydrogens is 464 g/mol. The van der Waals surface area contributed by atoms with E-state index in [9.17, 15) is 4.79 Å². The lowest BCUT2D eigenvalue weighted by atomic mass is 9.79. The highest BCUT2D eigenvalue weighted by atomic mass is 16.2. The van der Waals surface area contributed by atoms with Crippen molar-refractivity contribution in [3.8, 4) is 0 Å². The van der Waals surface area contributed by atoms with Gasteiger partial charge in [-0.1, -0.05) is 103 Å². The molecule has 196 valence electrons. The largest absolute Gasteiger partial charge is 0.341 e. The average molecular weight is 505 g/mol. The maximum absolute atomic E-state index is 14.1. The zero-order valence-corrected chi connectivity index (χ0v) is 22.4. The van der Waals surface area contributed by atoms with Crippen molar-refractivity contribution in [2.75, 3.05) is 32.7 Å². The summed E-state index contributed by atoms with van der Waals surface area (Å²) in [5, 5.41) is 0. The number of benzene rings is 3. The molecule has 0 bridgehead atoms. The van der Waals surface area contributed by atoms with Gasteiger partial charge in [0.2, 0.25) is 5.91 Å². The molecule has 0 aromatic heterocycles. The molecule has 2 saturated heterocycles. The lowest BCUT2D eigenvalue weighted by Gasteiger charge is -2.35. The Morgan fingerprint density at radius 3 is 1.97 bits per heavy atom. The van der Waals surface area contributed by atoms with E-state index in [-0.39, 0.29) is 11.8 Å². The first-order valence-corrected chi connectivity index (χ1v) is 14.6. The van der Waals surface area contributed by atoms with E-state index >= 15 is 0 Å². The van der Waals surface area contributed by atoms with Gasteiger partial charge in [0.15, 0.2) is 0 Å². The molecule has 2 fully saturated rings. The molecule has 2 aliphatic heterocycles. The van der Waals surface area contributed by atoms with Crippen LogP contribution in [0.4, 0.5) is 0 Å². The zero-order valence-electron chi connectivity index (χ0n) is 22.4. The second-order valence-electron chi connectivity index (χ2n) is 11.6. The summed E-state index contributed by atoms with van der Waals surface area (Å²) in [4.78, 5) is 19.0. The summed E-state index contributed by atoms with van der Waals surface area (Å²) in [6, 6.07) is 32.6. The van der Waals surface area contributed by atoms with Crippen LogP contribution in [-0.2, 0) is 4.79 Å². The van der Waals surface area contributed by atoms with Crippen LogP contribution in [0.2, 0.25) is 0 Å². The molecule has 3 aromatic rings. The molecule has 2 unspecified atom stereocenters. The number of amides is 1. The SMILES string of the molecule is O=C([C@@H]1CCC=C[C@H]1c1ccccc1)N1CC(CN2CCC(c3ccccc3)CC2)C(c2ccccc2)C1. The molecule has 0 N–H and O–H groups in total. The molecule has 3 heteroatoms. The van der Waals surface area contributed by atoms with Crippen molar-refractivity contribution in [1.29, 1.82) is 0 Å². The van der Waals surface area contributed by atoms with E-state index in [4.69, 9.17) is 0 Å². The smallest absolute Gasteiger partial charge is 0.226 e. The Balaban J connectivity index is 1.16. The monoisotopic (exact) mass is 504 g/mol. The van der Waals surface area contributed by atoms with Crippen LogP contribution in [0.3, 0.4) is 0 Å². The van der Waals surface area contributed by atoms with Crippen molar-refractivity contribution in [3.63, 3.8) is 0 Å². The van der Waals surface area contributed by atoms with Gasteiger partial charge >= 0.3 is 0 Å². The fraction of sp³-hybridized carbons (Fsp3) is 0.400. The fourth-order valence-electron chi connectivity index (χ4n) is 7.18. The van der Waals surface area contributed by atoms with Crippen molar-refractivity contribution in [2.24, 2.45) is 11.8 Å². The topological polar surface area (TPSA) is 23.6 Å². The third-order valence-electron chi connectivity index (χ3n) is 9.25. The van der Waals surface area contributed by atoms with E-state index in [2.05, 4.69) is 113 Å². The molecule has 38 heavy (non-hydrogen) atoms. The maximum atomic E-state index is 14.1. The normalized spacial score (nSPS) is 26.5. The first kappa shape index (κ1) is 25.1. The highest BCUT2D eigenvalue weighted by Gasteiger charge is 2.41. The van der Waals surface area contributed by atoms with Crippen LogP contribution >= 0.6 is 0 Å². The maximum Gasteiger partial charge on any atom is 0.226 e. The summed E-state index contributed by atoms with van der Waals surface area (Å²) in [6.07, 6.45) is 8.93. The number of piperidine rings is 1. The van der Waals surface area contributed by atoms with E-state index in [1.807, 2.05) is 0 Å². The van der Waals surface area contributed by atoms with Crippen molar-refractivity contribution >= 4 is 5.91 Å². The highest BCUT2D eigenvalue weighted by Crippen LogP contribution is 2.39. The van der Waals surface area contributed by atoms with E-state index in [0.29, 0.717) is 23.7 Å². The molecule has 3 nitrogen and oxygen atoms in total. The minimum atomic E-state index is 0.0409. The summed E-state index contributed by atoms with van der Waals surface area (Å²) in [6.45, 7) is 5.09. The fourth-order valence-corrected chi connectivity index (χ4v) is 7.18. The molecule has 0 saturated carbocycles. The lowest BCUT2D eigenvalue weighted by molar-refractivity contribution is -0.135. The Labute approximate surface area is 228 Å². The standard InChI is InChI=1S/C35H40N2O/c38-35(33-19-11-10-18-32(33)29-14-6-2-7-15-29)37-25-31(34(26-37)30-16-8-3-9-17-30)24-36-22-20-28(21-23-36)27-12-4-1-5-13-27/h1-10,12-18,28,31-34H,11,19-26H2/t31?,32-,33+,34?/m0/s1. The molecule has 3 aliphatic rings. The molecule has 4 atom stereocenters. The number of rotatable bonds is 6.